The SMILES string of the molecule is CN(C)NC(=O)Nc1ccc2nc(-c3ccc[nH]3)c(-c3ccc[nH]3)nc2c1. The number of aromatic amines is 2. The van der Waals surface area contributed by atoms with Crippen LogP contribution in [0.2, 0.25) is 0 Å². The van der Waals surface area contributed by atoms with Gasteiger partial charge in [-0.25, -0.2) is 19.8 Å². The Morgan fingerprint density at radius 2 is 1.56 bits per heavy atom. The van der Waals surface area contributed by atoms with Crippen molar-refractivity contribution in [1.29, 1.82) is 0 Å². The van der Waals surface area contributed by atoms with E-state index in [1.165, 1.54) is 0 Å². The number of anilines is 1. The monoisotopic (exact) mass is 361 g/mol. The molecule has 0 aliphatic heterocycles. The Bertz CT molecular complexity index is 1070. The molecule has 4 rings (SSSR count). The van der Waals surface area contributed by atoms with Gasteiger partial charge in [-0.15, -0.1) is 0 Å². The number of urea groups is 1. The summed E-state index contributed by atoms with van der Waals surface area (Å²) < 4.78 is 0. The molecule has 0 spiro atoms. The number of carbonyl (C=O) groups excluding carboxylic acids is 1. The van der Waals surface area contributed by atoms with E-state index >= 15 is 0 Å². The lowest BCUT2D eigenvalue weighted by Gasteiger charge is -2.13. The molecule has 0 unspecified atom stereocenters. The molecular formula is C19H19N7O. The number of H-pyrrole nitrogens is 2. The number of hydrogen-bond acceptors (Lipinski definition) is 4. The summed E-state index contributed by atoms with van der Waals surface area (Å²) >= 11 is 0. The van der Waals surface area contributed by atoms with Gasteiger partial charge >= 0.3 is 6.03 Å². The minimum atomic E-state index is -0.320. The second kappa shape index (κ2) is 6.93. The second-order valence-electron chi connectivity index (χ2n) is 6.25. The third kappa shape index (κ3) is 3.51. The quantitative estimate of drug-likeness (QED) is 0.419. The van der Waals surface area contributed by atoms with Crippen molar-refractivity contribution in [3.63, 3.8) is 0 Å². The Balaban J connectivity index is 1.78. The zero-order chi connectivity index (χ0) is 18.8. The van der Waals surface area contributed by atoms with Crippen LogP contribution in [0.5, 0.6) is 0 Å². The fourth-order valence-corrected chi connectivity index (χ4v) is 2.83. The van der Waals surface area contributed by atoms with Crippen molar-refractivity contribution in [2.24, 2.45) is 0 Å². The van der Waals surface area contributed by atoms with Crippen molar-refractivity contribution in [1.82, 2.24) is 30.4 Å². The van der Waals surface area contributed by atoms with Gasteiger partial charge in [0.25, 0.3) is 0 Å². The van der Waals surface area contributed by atoms with Crippen LogP contribution in [0.15, 0.2) is 54.9 Å². The molecular weight excluding hydrogens is 342 g/mol. The first kappa shape index (κ1) is 16.8. The molecule has 8 heteroatoms. The molecule has 4 N–H and O–H groups in total. The van der Waals surface area contributed by atoms with Gasteiger partial charge < -0.3 is 15.3 Å². The average molecular weight is 361 g/mol. The highest BCUT2D eigenvalue weighted by Gasteiger charge is 2.15. The Kier molecular flexibility index (Phi) is 4.31. The molecule has 0 radical (unpaired) electrons. The smallest absolute Gasteiger partial charge is 0.333 e. The van der Waals surface area contributed by atoms with Crippen molar-refractivity contribution >= 4 is 22.8 Å². The number of rotatable bonds is 4. The zero-order valence-electron chi connectivity index (χ0n) is 14.9. The normalized spacial score (nSPS) is 11.1. The van der Waals surface area contributed by atoms with Crippen LogP contribution < -0.4 is 10.7 Å². The summed E-state index contributed by atoms with van der Waals surface area (Å²) in [5.41, 5.74) is 7.98. The summed E-state index contributed by atoms with van der Waals surface area (Å²) in [5, 5.41) is 4.36. The highest BCUT2D eigenvalue weighted by molar-refractivity contribution is 5.92. The number of nitrogens with zero attached hydrogens (tertiary/aromatic N) is 3. The Hall–Kier alpha value is -3.65. The second-order valence-corrected chi connectivity index (χ2v) is 6.25. The van der Waals surface area contributed by atoms with Crippen molar-refractivity contribution in [3.8, 4) is 22.8 Å². The molecule has 3 aromatic heterocycles. The topological polar surface area (TPSA) is 102 Å². The van der Waals surface area contributed by atoms with Crippen LogP contribution in [0, 0.1) is 0 Å². The predicted octanol–water partition coefficient (Wildman–Crippen LogP) is 3.22. The van der Waals surface area contributed by atoms with E-state index < -0.39 is 0 Å². The van der Waals surface area contributed by atoms with Gasteiger partial charge in [0.2, 0.25) is 0 Å². The van der Waals surface area contributed by atoms with Crippen LogP contribution >= 0.6 is 0 Å². The van der Waals surface area contributed by atoms with Gasteiger partial charge in [-0.05, 0) is 42.5 Å². The first-order chi connectivity index (χ1) is 13.1. The van der Waals surface area contributed by atoms with Gasteiger partial charge in [0.15, 0.2) is 0 Å². The lowest BCUT2D eigenvalue weighted by Crippen LogP contribution is -2.39. The molecule has 8 nitrogen and oxygen atoms in total. The third-order valence-corrected chi connectivity index (χ3v) is 3.95. The van der Waals surface area contributed by atoms with E-state index in [9.17, 15) is 4.79 Å². The molecule has 0 fully saturated rings. The van der Waals surface area contributed by atoms with Gasteiger partial charge in [-0.2, -0.15) is 0 Å². The molecule has 0 saturated heterocycles. The zero-order valence-corrected chi connectivity index (χ0v) is 14.9. The predicted molar refractivity (Wildman–Crippen MR) is 105 cm³/mol. The highest BCUT2D eigenvalue weighted by Crippen LogP contribution is 2.29. The maximum Gasteiger partial charge on any atom is 0.333 e. The molecule has 136 valence electrons. The van der Waals surface area contributed by atoms with E-state index in [2.05, 4.69) is 20.7 Å². The van der Waals surface area contributed by atoms with E-state index in [-0.39, 0.29) is 6.03 Å². The number of carbonyl (C=O) groups is 1. The van der Waals surface area contributed by atoms with Crippen LogP contribution in [0.1, 0.15) is 0 Å². The summed E-state index contributed by atoms with van der Waals surface area (Å²) in [6.45, 7) is 0. The fraction of sp³-hybridized carbons (Fsp3) is 0.105. The van der Waals surface area contributed by atoms with Crippen molar-refractivity contribution < 1.29 is 4.79 Å². The Labute approximate surface area is 155 Å². The van der Waals surface area contributed by atoms with E-state index in [4.69, 9.17) is 9.97 Å². The van der Waals surface area contributed by atoms with Gasteiger partial charge in [0, 0.05) is 32.2 Å². The van der Waals surface area contributed by atoms with E-state index in [1.54, 1.807) is 25.2 Å². The number of benzene rings is 1. The van der Waals surface area contributed by atoms with Crippen LogP contribution in [0.4, 0.5) is 10.5 Å². The standard InChI is InChI=1S/C19H19N7O/c1-26(2)25-19(27)22-12-7-8-13-16(11-12)24-18(15-6-4-10-21-15)17(23-13)14-5-3-9-20-14/h3-11,20-21H,1-2H3,(H2,22,25,27). The summed E-state index contributed by atoms with van der Waals surface area (Å²) in [7, 11) is 3.49. The molecule has 27 heavy (non-hydrogen) atoms. The number of hydrazine groups is 1. The molecule has 3 heterocycles. The molecule has 0 aliphatic carbocycles. The van der Waals surface area contributed by atoms with Gasteiger partial charge in [-0.3, -0.25) is 5.43 Å². The van der Waals surface area contributed by atoms with E-state index in [0.717, 1.165) is 28.3 Å². The van der Waals surface area contributed by atoms with Crippen LogP contribution in [0.3, 0.4) is 0 Å². The molecule has 0 bridgehead atoms. The summed E-state index contributed by atoms with van der Waals surface area (Å²) in [6.07, 6.45) is 3.71. The van der Waals surface area contributed by atoms with Gasteiger partial charge in [0.05, 0.1) is 22.4 Å². The number of amides is 2. The van der Waals surface area contributed by atoms with Crippen LogP contribution in [0.25, 0.3) is 33.8 Å². The van der Waals surface area contributed by atoms with Gasteiger partial charge in [-0.1, -0.05) is 0 Å². The van der Waals surface area contributed by atoms with Crippen molar-refractivity contribution in [2.45, 2.75) is 0 Å². The van der Waals surface area contributed by atoms with Crippen molar-refractivity contribution in [2.75, 3.05) is 19.4 Å². The Morgan fingerprint density at radius 3 is 2.11 bits per heavy atom. The van der Waals surface area contributed by atoms with E-state index in [0.29, 0.717) is 11.2 Å². The van der Waals surface area contributed by atoms with Gasteiger partial charge in [0.1, 0.15) is 11.4 Å². The lowest BCUT2D eigenvalue weighted by atomic mass is 10.1. The maximum absolute atomic E-state index is 11.9. The molecule has 1 aromatic carbocycles. The average Bonchev–Trinajstić information content (AvgIpc) is 3.33. The molecule has 0 saturated carbocycles. The molecule has 4 aromatic rings. The maximum atomic E-state index is 11.9. The third-order valence-electron chi connectivity index (χ3n) is 3.95. The van der Waals surface area contributed by atoms with E-state index in [1.807, 2.05) is 48.8 Å². The van der Waals surface area contributed by atoms with Crippen molar-refractivity contribution in [3.05, 3.63) is 54.9 Å². The number of hydrogen-bond donors (Lipinski definition) is 4. The molecule has 0 aliphatic rings. The number of fused-ring (bicyclic) bond motifs is 1. The fourth-order valence-electron chi connectivity index (χ4n) is 2.83. The number of aromatic nitrogens is 4. The Morgan fingerprint density at radius 1 is 0.926 bits per heavy atom. The summed E-state index contributed by atoms with van der Waals surface area (Å²) in [4.78, 5) is 27.9. The minimum Gasteiger partial charge on any atom is -0.360 e. The molecule has 2 amide bonds. The first-order valence-corrected chi connectivity index (χ1v) is 8.44. The van der Waals surface area contributed by atoms with Crippen LogP contribution in [-0.2, 0) is 0 Å². The highest BCUT2D eigenvalue weighted by atomic mass is 16.2. The minimum absolute atomic E-state index is 0.320. The lowest BCUT2D eigenvalue weighted by molar-refractivity contribution is 0.224. The van der Waals surface area contributed by atoms with Crippen LogP contribution in [-0.4, -0.2) is 45.1 Å². The first-order valence-electron chi connectivity index (χ1n) is 8.44. The molecule has 0 atom stereocenters. The summed E-state index contributed by atoms with van der Waals surface area (Å²) in [6, 6.07) is 12.9. The summed E-state index contributed by atoms with van der Waals surface area (Å²) in [5.74, 6) is 0. The number of nitrogens with one attached hydrogen (secondary N) is 4. The largest absolute Gasteiger partial charge is 0.360 e.